The third-order valence-electron chi connectivity index (χ3n) is 2.76. The first-order valence-corrected chi connectivity index (χ1v) is 8.15. The van der Waals surface area contributed by atoms with E-state index in [2.05, 4.69) is 38.4 Å². The van der Waals surface area contributed by atoms with Crippen LogP contribution in [0.2, 0.25) is 0 Å². The largest absolute Gasteiger partial charge is 0.478 e. The van der Waals surface area contributed by atoms with Crippen LogP contribution >= 0.6 is 31.9 Å². The van der Waals surface area contributed by atoms with Crippen LogP contribution in [0, 0.1) is 0 Å². The fraction of sp³-hybridized carbons (Fsp3) is 0.267. The molecule has 1 aromatic carbocycles. The number of benzene rings is 1. The summed E-state index contributed by atoms with van der Waals surface area (Å²) in [6, 6.07) is 3.79. The zero-order valence-corrected chi connectivity index (χ0v) is 13.7. The van der Waals surface area contributed by atoms with E-state index in [9.17, 15) is 9.90 Å². The number of carbonyl (C=O) groups is 1. The van der Waals surface area contributed by atoms with Gasteiger partial charge in [0.1, 0.15) is 0 Å². The van der Waals surface area contributed by atoms with E-state index in [1.165, 1.54) is 0 Å². The molecule has 0 unspecified atom stereocenters. The Morgan fingerprint density at radius 3 is 2.58 bits per heavy atom. The zero-order valence-electron chi connectivity index (χ0n) is 10.5. The van der Waals surface area contributed by atoms with Crippen molar-refractivity contribution in [2.75, 3.05) is 0 Å². The summed E-state index contributed by atoms with van der Waals surface area (Å²) < 4.78 is 0. The van der Waals surface area contributed by atoms with E-state index < -0.39 is 5.97 Å². The molecule has 19 heavy (non-hydrogen) atoms. The third kappa shape index (κ3) is 4.62. The lowest BCUT2D eigenvalue weighted by molar-refractivity contribution is 0.0695. The Hall–Kier alpha value is -0.870. The standard InChI is InChI=1S/C15H16Br2O2/c1-2-3-4-5-6-13-12(10-17)7-11(9-16)8-14(13)15(18)19/h2-4,7-8H,1,5-6,9-10H2,(H,18,19)/b4-3+. The summed E-state index contributed by atoms with van der Waals surface area (Å²) in [5.74, 6) is -0.868. The molecule has 0 amide bonds. The highest BCUT2D eigenvalue weighted by atomic mass is 79.9. The van der Waals surface area contributed by atoms with Crippen LogP contribution in [0.5, 0.6) is 0 Å². The van der Waals surface area contributed by atoms with E-state index in [-0.39, 0.29) is 0 Å². The number of aromatic carboxylic acids is 1. The molecule has 0 aliphatic carbocycles. The summed E-state index contributed by atoms with van der Waals surface area (Å²) >= 11 is 6.81. The Labute approximate surface area is 130 Å². The average Bonchev–Trinajstić information content (AvgIpc) is 2.42. The minimum atomic E-state index is -0.868. The number of carboxylic acid groups (broad SMARTS) is 1. The van der Waals surface area contributed by atoms with Crippen LogP contribution in [0.15, 0.2) is 36.9 Å². The molecule has 0 heterocycles. The highest BCUT2D eigenvalue weighted by Gasteiger charge is 2.14. The Balaban J connectivity index is 3.13. The summed E-state index contributed by atoms with van der Waals surface area (Å²) in [5, 5.41) is 10.7. The summed E-state index contributed by atoms with van der Waals surface area (Å²) in [4.78, 5) is 11.4. The van der Waals surface area contributed by atoms with Crippen molar-refractivity contribution < 1.29 is 9.90 Å². The molecule has 0 spiro atoms. The minimum Gasteiger partial charge on any atom is -0.478 e. The SMILES string of the molecule is C=C/C=C/CCc1c(CBr)cc(CBr)cc1C(=O)O. The quantitative estimate of drug-likeness (QED) is 0.536. The average molecular weight is 388 g/mol. The predicted molar refractivity (Wildman–Crippen MR) is 86.3 cm³/mol. The second-order valence-electron chi connectivity index (χ2n) is 4.06. The first-order chi connectivity index (χ1) is 9.13. The summed E-state index contributed by atoms with van der Waals surface area (Å²) in [7, 11) is 0. The normalized spacial score (nSPS) is 10.8. The van der Waals surface area contributed by atoms with Gasteiger partial charge in [0, 0.05) is 10.7 Å². The number of halogens is 2. The van der Waals surface area contributed by atoms with Gasteiger partial charge in [0.05, 0.1) is 5.56 Å². The van der Waals surface area contributed by atoms with E-state index in [0.29, 0.717) is 16.2 Å². The number of hydrogen-bond acceptors (Lipinski definition) is 1. The first-order valence-electron chi connectivity index (χ1n) is 5.91. The van der Waals surface area contributed by atoms with E-state index in [1.807, 2.05) is 18.2 Å². The van der Waals surface area contributed by atoms with Gasteiger partial charge < -0.3 is 5.11 Å². The fourth-order valence-electron chi connectivity index (χ4n) is 1.90. The van der Waals surface area contributed by atoms with Gasteiger partial charge in [0.2, 0.25) is 0 Å². The van der Waals surface area contributed by atoms with Gasteiger partial charge in [-0.2, -0.15) is 0 Å². The highest BCUT2D eigenvalue weighted by molar-refractivity contribution is 9.08. The summed E-state index contributed by atoms with van der Waals surface area (Å²) in [6.07, 6.45) is 7.11. The summed E-state index contributed by atoms with van der Waals surface area (Å²) in [5.41, 5.74) is 3.33. The lowest BCUT2D eigenvalue weighted by atomic mass is 9.95. The van der Waals surface area contributed by atoms with E-state index >= 15 is 0 Å². The van der Waals surface area contributed by atoms with Crippen LogP contribution in [0.3, 0.4) is 0 Å². The van der Waals surface area contributed by atoms with Gasteiger partial charge in [0.15, 0.2) is 0 Å². The van der Waals surface area contributed by atoms with E-state index in [1.54, 1.807) is 12.1 Å². The Kier molecular flexibility index (Phi) is 7.10. The zero-order chi connectivity index (χ0) is 14.3. The smallest absolute Gasteiger partial charge is 0.335 e. The van der Waals surface area contributed by atoms with Gasteiger partial charge in [-0.1, -0.05) is 62.7 Å². The second-order valence-corrected chi connectivity index (χ2v) is 5.18. The molecule has 102 valence electrons. The van der Waals surface area contributed by atoms with E-state index in [4.69, 9.17) is 0 Å². The van der Waals surface area contributed by atoms with Crippen molar-refractivity contribution >= 4 is 37.8 Å². The topological polar surface area (TPSA) is 37.3 Å². The number of allylic oxidation sites excluding steroid dienone is 3. The Morgan fingerprint density at radius 2 is 2.05 bits per heavy atom. The number of carboxylic acids is 1. The van der Waals surface area contributed by atoms with Crippen molar-refractivity contribution in [3.05, 3.63) is 59.2 Å². The molecule has 0 aliphatic heterocycles. The van der Waals surface area contributed by atoms with Crippen LogP contribution < -0.4 is 0 Å². The molecule has 1 N–H and O–H groups in total. The molecular formula is C15H16Br2O2. The third-order valence-corrected chi connectivity index (χ3v) is 4.02. The molecule has 4 heteroatoms. The van der Waals surface area contributed by atoms with Gasteiger partial charge in [0.25, 0.3) is 0 Å². The van der Waals surface area contributed by atoms with Crippen LogP contribution in [-0.4, -0.2) is 11.1 Å². The van der Waals surface area contributed by atoms with Crippen molar-refractivity contribution in [1.29, 1.82) is 0 Å². The van der Waals surface area contributed by atoms with Crippen molar-refractivity contribution in [2.45, 2.75) is 23.5 Å². The predicted octanol–water partition coefficient (Wildman–Crippen LogP) is 4.85. The maximum atomic E-state index is 11.4. The molecule has 0 aromatic heterocycles. The van der Waals surface area contributed by atoms with Gasteiger partial charge in [-0.15, -0.1) is 0 Å². The minimum absolute atomic E-state index is 0.401. The molecule has 0 fully saturated rings. The maximum Gasteiger partial charge on any atom is 0.335 e. The molecule has 0 saturated heterocycles. The Bertz CT molecular complexity index is 493. The van der Waals surface area contributed by atoms with Crippen LogP contribution in [0.25, 0.3) is 0 Å². The van der Waals surface area contributed by atoms with Crippen LogP contribution in [-0.2, 0) is 17.1 Å². The van der Waals surface area contributed by atoms with Gasteiger partial charge in [-0.3, -0.25) is 0 Å². The lowest BCUT2D eigenvalue weighted by Gasteiger charge is -2.12. The first kappa shape index (κ1) is 16.2. The molecule has 0 bridgehead atoms. The van der Waals surface area contributed by atoms with E-state index in [0.717, 1.165) is 29.5 Å². The summed E-state index contributed by atoms with van der Waals surface area (Å²) in [6.45, 7) is 3.61. The molecular weight excluding hydrogens is 372 g/mol. The number of alkyl halides is 2. The van der Waals surface area contributed by atoms with Crippen LogP contribution in [0.4, 0.5) is 0 Å². The van der Waals surface area contributed by atoms with Gasteiger partial charge in [-0.05, 0) is 35.6 Å². The monoisotopic (exact) mass is 386 g/mol. The number of hydrogen-bond donors (Lipinski definition) is 1. The van der Waals surface area contributed by atoms with Gasteiger partial charge >= 0.3 is 5.97 Å². The molecule has 1 rings (SSSR count). The lowest BCUT2D eigenvalue weighted by Crippen LogP contribution is -2.07. The van der Waals surface area contributed by atoms with Crippen molar-refractivity contribution in [3.8, 4) is 0 Å². The number of rotatable bonds is 7. The molecule has 0 saturated carbocycles. The second kappa shape index (κ2) is 8.33. The van der Waals surface area contributed by atoms with Crippen molar-refractivity contribution in [1.82, 2.24) is 0 Å². The molecule has 0 radical (unpaired) electrons. The molecule has 2 nitrogen and oxygen atoms in total. The molecule has 1 aromatic rings. The van der Waals surface area contributed by atoms with Crippen LogP contribution in [0.1, 0.15) is 33.5 Å². The highest BCUT2D eigenvalue weighted by Crippen LogP contribution is 2.23. The van der Waals surface area contributed by atoms with Crippen molar-refractivity contribution in [2.24, 2.45) is 0 Å². The fourth-order valence-corrected chi connectivity index (χ4v) is 2.72. The molecule has 0 aliphatic rings. The van der Waals surface area contributed by atoms with Crippen molar-refractivity contribution in [3.63, 3.8) is 0 Å². The maximum absolute atomic E-state index is 11.4. The Morgan fingerprint density at radius 1 is 1.32 bits per heavy atom. The van der Waals surface area contributed by atoms with Gasteiger partial charge in [-0.25, -0.2) is 4.79 Å². The molecule has 0 atom stereocenters.